The van der Waals surface area contributed by atoms with Crippen molar-refractivity contribution in [3.8, 4) is 0 Å². The van der Waals surface area contributed by atoms with Crippen LogP contribution in [0.4, 0.5) is 5.82 Å². The van der Waals surface area contributed by atoms with Crippen molar-refractivity contribution < 1.29 is 4.79 Å². The number of rotatable bonds is 11. The molecule has 2 aromatic rings. The van der Waals surface area contributed by atoms with E-state index in [0.29, 0.717) is 28.9 Å². The first-order valence-electron chi connectivity index (χ1n) is 13.5. The quantitative estimate of drug-likeness (QED) is 0.443. The van der Waals surface area contributed by atoms with E-state index in [9.17, 15) is 4.79 Å². The van der Waals surface area contributed by atoms with Crippen LogP contribution in [-0.2, 0) is 6.54 Å². The Kier molecular flexibility index (Phi) is 10.0. The average molecular weight is 516 g/mol. The second-order valence-electron chi connectivity index (χ2n) is 10.6. The van der Waals surface area contributed by atoms with Crippen LogP contribution in [0.1, 0.15) is 55.5 Å². The van der Waals surface area contributed by atoms with Gasteiger partial charge in [-0.05, 0) is 69.1 Å². The first kappa shape index (κ1) is 26.9. The number of aromatic nitrogens is 2. The molecule has 2 saturated heterocycles. The van der Waals surface area contributed by atoms with Crippen molar-refractivity contribution in [2.24, 2.45) is 5.92 Å². The zero-order chi connectivity index (χ0) is 25.3. The lowest BCUT2D eigenvalue weighted by atomic mass is 10.1. The molecule has 9 heteroatoms. The van der Waals surface area contributed by atoms with E-state index < -0.39 is 0 Å². The second-order valence-corrected chi connectivity index (χ2v) is 11.0. The Hall–Kier alpha value is -2.13. The van der Waals surface area contributed by atoms with Gasteiger partial charge in [-0.1, -0.05) is 44.0 Å². The molecule has 0 aliphatic carbocycles. The molecule has 4 rings (SSSR count). The van der Waals surface area contributed by atoms with Crippen LogP contribution in [0.5, 0.6) is 0 Å². The van der Waals surface area contributed by atoms with E-state index in [1.165, 1.54) is 51.9 Å². The Morgan fingerprint density at radius 3 is 2.42 bits per heavy atom. The van der Waals surface area contributed by atoms with Crippen LogP contribution in [0.3, 0.4) is 0 Å². The Morgan fingerprint density at radius 1 is 1.06 bits per heavy atom. The van der Waals surface area contributed by atoms with Crippen LogP contribution in [0, 0.1) is 5.92 Å². The van der Waals surface area contributed by atoms with Gasteiger partial charge in [-0.3, -0.25) is 25.2 Å². The van der Waals surface area contributed by atoms with Gasteiger partial charge in [0.05, 0.1) is 6.20 Å². The predicted molar refractivity (Wildman–Crippen MR) is 146 cm³/mol. The molecule has 0 radical (unpaired) electrons. The summed E-state index contributed by atoms with van der Waals surface area (Å²) in [5, 5.41) is 9.10. The molecular weight excluding hydrogens is 474 g/mol. The third-order valence-corrected chi connectivity index (χ3v) is 7.36. The minimum atomic E-state index is -0.151. The minimum Gasteiger partial charge on any atom is -0.303 e. The maximum atomic E-state index is 13.1. The van der Waals surface area contributed by atoms with Gasteiger partial charge in [-0.2, -0.15) is 5.10 Å². The van der Waals surface area contributed by atoms with Crippen molar-refractivity contribution in [3.05, 3.63) is 46.6 Å². The molecule has 2 fully saturated rings. The van der Waals surface area contributed by atoms with Crippen LogP contribution in [-0.4, -0.2) is 89.7 Å². The van der Waals surface area contributed by atoms with Crippen LogP contribution in [0.2, 0.25) is 5.02 Å². The number of benzene rings is 1. The van der Waals surface area contributed by atoms with E-state index >= 15 is 0 Å². The molecule has 36 heavy (non-hydrogen) atoms. The fourth-order valence-corrected chi connectivity index (χ4v) is 5.33. The number of piperidine rings is 1. The van der Waals surface area contributed by atoms with Crippen molar-refractivity contribution in [1.82, 2.24) is 30.3 Å². The fraction of sp³-hybridized carbons (Fsp3) is 0.630. The van der Waals surface area contributed by atoms with Crippen LogP contribution < -0.4 is 10.4 Å². The van der Waals surface area contributed by atoms with Gasteiger partial charge in [0.25, 0.3) is 5.91 Å². The number of H-pyrrole nitrogens is 1. The molecule has 0 atom stereocenters. The zero-order valence-electron chi connectivity index (χ0n) is 21.9. The lowest BCUT2D eigenvalue weighted by Gasteiger charge is -2.35. The highest BCUT2D eigenvalue weighted by molar-refractivity contribution is 6.32. The monoisotopic (exact) mass is 515 g/mol. The Morgan fingerprint density at radius 2 is 1.75 bits per heavy atom. The molecule has 198 valence electrons. The summed E-state index contributed by atoms with van der Waals surface area (Å²) in [6.07, 6.45) is 6.97. The molecule has 0 bridgehead atoms. The van der Waals surface area contributed by atoms with Crippen LogP contribution in [0.15, 0.2) is 30.5 Å². The summed E-state index contributed by atoms with van der Waals surface area (Å²) in [6, 6.07) is 7.94. The number of carbonyl (C=O) groups excluding carboxylic acids is 1. The molecule has 1 amide bonds. The largest absolute Gasteiger partial charge is 0.303 e. The van der Waals surface area contributed by atoms with Crippen molar-refractivity contribution >= 4 is 23.3 Å². The molecule has 1 aromatic heterocycles. The summed E-state index contributed by atoms with van der Waals surface area (Å²) in [6.45, 7) is 15.1. The van der Waals surface area contributed by atoms with Gasteiger partial charge in [-0.25, -0.2) is 0 Å². The highest BCUT2D eigenvalue weighted by Crippen LogP contribution is 2.22. The van der Waals surface area contributed by atoms with Gasteiger partial charge in [0.2, 0.25) is 0 Å². The summed E-state index contributed by atoms with van der Waals surface area (Å²) in [5.74, 6) is 0.782. The van der Waals surface area contributed by atoms with E-state index in [0.717, 1.165) is 38.3 Å². The third kappa shape index (κ3) is 7.93. The first-order valence-corrected chi connectivity index (χ1v) is 13.9. The summed E-state index contributed by atoms with van der Waals surface area (Å²) >= 11 is 6.26. The lowest BCUT2D eigenvalue weighted by Crippen LogP contribution is -2.46. The number of nitrogens with zero attached hydrogens (tertiary/aromatic N) is 5. The number of likely N-dealkylation sites (tertiary alicyclic amines) is 1. The van der Waals surface area contributed by atoms with Crippen LogP contribution >= 0.6 is 11.6 Å². The summed E-state index contributed by atoms with van der Waals surface area (Å²) in [5.41, 5.74) is 4.81. The van der Waals surface area contributed by atoms with Gasteiger partial charge in [-0.15, -0.1) is 0 Å². The molecule has 2 N–H and O–H groups in total. The number of nitrogens with one attached hydrogen (secondary N) is 2. The summed E-state index contributed by atoms with van der Waals surface area (Å²) in [4.78, 5) is 20.8. The van der Waals surface area contributed by atoms with Gasteiger partial charge < -0.3 is 9.80 Å². The Labute approximate surface area is 220 Å². The van der Waals surface area contributed by atoms with Gasteiger partial charge in [0.1, 0.15) is 5.02 Å². The maximum absolute atomic E-state index is 13.1. The molecule has 3 heterocycles. The minimum absolute atomic E-state index is 0.151. The van der Waals surface area contributed by atoms with Gasteiger partial charge >= 0.3 is 0 Å². The van der Waals surface area contributed by atoms with E-state index in [1.807, 2.05) is 18.2 Å². The van der Waals surface area contributed by atoms with Crippen molar-refractivity contribution in [2.75, 3.05) is 63.9 Å². The van der Waals surface area contributed by atoms with E-state index in [1.54, 1.807) is 11.2 Å². The molecular formula is C27H42ClN7O. The Bertz CT molecular complexity index is 951. The summed E-state index contributed by atoms with van der Waals surface area (Å²) in [7, 11) is 0. The van der Waals surface area contributed by atoms with Crippen LogP contribution in [0.25, 0.3) is 0 Å². The first-order chi connectivity index (χ1) is 17.5. The topological polar surface area (TPSA) is 70.7 Å². The zero-order valence-corrected chi connectivity index (χ0v) is 22.6. The van der Waals surface area contributed by atoms with E-state index in [2.05, 4.69) is 50.2 Å². The number of amides is 1. The molecule has 0 spiro atoms. The summed E-state index contributed by atoms with van der Waals surface area (Å²) < 4.78 is 0. The standard InChI is InChI=1S/C27H42ClN7O/c1-22(2)20-35(26-25(28)19-29-30-26)31-27(36)24-9-6-8-23(18-24)21-34-16-14-33(15-17-34)13-7-12-32-10-4-3-5-11-32/h6,8-9,18-19,22H,3-5,7,10-17,20-21H2,1-2H3,(H,29,30)(H,31,36). The van der Waals surface area contributed by atoms with Gasteiger partial charge in [0.15, 0.2) is 5.82 Å². The Balaban J connectivity index is 1.24. The van der Waals surface area contributed by atoms with Crippen molar-refractivity contribution in [1.29, 1.82) is 0 Å². The number of piperazine rings is 1. The number of halogens is 1. The molecule has 0 unspecified atom stereocenters. The predicted octanol–water partition coefficient (Wildman–Crippen LogP) is 3.86. The average Bonchev–Trinajstić information content (AvgIpc) is 3.31. The fourth-order valence-electron chi connectivity index (χ4n) is 5.14. The molecule has 1 aromatic carbocycles. The lowest BCUT2D eigenvalue weighted by molar-refractivity contribution is 0.0947. The van der Waals surface area contributed by atoms with Crippen molar-refractivity contribution in [3.63, 3.8) is 0 Å². The number of hydrazine groups is 1. The molecule has 2 aliphatic rings. The highest BCUT2D eigenvalue weighted by Gasteiger charge is 2.20. The van der Waals surface area contributed by atoms with Gasteiger partial charge in [0, 0.05) is 44.8 Å². The number of anilines is 1. The molecule has 0 saturated carbocycles. The van der Waals surface area contributed by atoms with E-state index in [-0.39, 0.29) is 5.91 Å². The van der Waals surface area contributed by atoms with E-state index in [4.69, 9.17) is 11.6 Å². The maximum Gasteiger partial charge on any atom is 0.269 e. The number of hydrogen-bond donors (Lipinski definition) is 2. The number of hydrogen-bond acceptors (Lipinski definition) is 6. The smallest absolute Gasteiger partial charge is 0.269 e. The second kappa shape index (κ2) is 13.4. The van der Waals surface area contributed by atoms with Crippen molar-refractivity contribution in [2.45, 2.75) is 46.1 Å². The molecule has 2 aliphatic heterocycles. The SMILES string of the molecule is CC(C)CN(NC(=O)c1cccc(CN2CCN(CCCN3CCCCC3)CC2)c1)c1[nH]ncc1Cl. The number of aromatic amines is 1. The molecule has 8 nitrogen and oxygen atoms in total. The highest BCUT2D eigenvalue weighted by atomic mass is 35.5. The normalized spacial score (nSPS) is 18.0. The third-order valence-electron chi connectivity index (χ3n) is 7.09. The number of carbonyl (C=O) groups is 1.